The maximum Gasteiger partial charge on any atom is 0.252 e. The number of amides is 1. The standard InChI is InChI=1S/C24H23FN4O2/c1-14-5-8-19(9-6-14)29-24-23(17(4)27-29)16(3)12-22(31)28(24)13-21(30)26-20-10-7-18(25)11-15(20)2/h5-12H,13H2,1-4H3,(H,26,30). The number of pyridine rings is 1. The summed E-state index contributed by atoms with van der Waals surface area (Å²) in [6.07, 6.45) is 0. The van der Waals surface area contributed by atoms with E-state index in [0.717, 1.165) is 27.9 Å². The maximum atomic E-state index is 13.4. The molecule has 0 radical (unpaired) electrons. The lowest BCUT2D eigenvalue weighted by Gasteiger charge is -2.13. The van der Waals surface area contributed by atoms with Crippen molar-refractivity contribution in [3.8, 4) is 5.69 Å². The molecule has 0 aliphatic rings. The Bertz CT molecular complexity index is 1370. The molecule has 0 aliphatic heterocycles. The van der Waals surface area contributed by atoms with Gasteiger partial charge in [-0.05, 0) is 69.2 Å². The highest BCUT2D eigenvalue weighted by Gasteiger charge is 2.19. The number of fused-ring (bicyclic) bond motifs is 1. The van der Waals surface area contributed by atoms with Gasteiger partial charge in [0.1, 0.15) is 18.0 Å². The SMILES string of the molecule is Cc1ccc(-n2nc(C)c3c(C)cc(=O)n(CC(=O)Nc4ccc(F)cc4C)c32)cc1. The molecular formula is C24H23FN4O2. The Hall–Kier alpha value is -3.74. The fourth-order valence-electron chi connectivity index (χ4n) is 3.79. The largest absolute Gasteiger partial charge is 0.324 e. The van der Waals surface area contributed by atoms with Crippen LogP contribution in [0.25, 0.3) is 16.7 Å². The van der Waals surface area contributed by atoms with Gasteiger partial charge in [0.25, 0.3) is 5.56 Å². The number of carbonyl (C=O) groups excluding carboxylic acids is 1. The molecule has 0 bridgehead atoms. The van der Waals surface area contributed by atoms with Crippen molar-refractivity contribution in [1.29, 1.82) is 0 Å². The van der Waals surface area contributed by atoms with E-state index in [0.29, 0.717) is 16.9 Å². The predicted molar refractivity (Wildman–Crippen MR) is 119 cm³/mol. The number of hydrogen-bond donors (Lipinski definition) is 1. The molecule has 0 saturated carbocycles. The van der Waals surface area contributed by atoms with Crippen LogP contribution in [0.3, 0.4) is 0 Å². The minimum atomic E-state index is -0.378. The summed E-state index contributed by atoms with van der Waals surface area (Å²) in [6, 6.07) is 13.5. The number of nitrogens with one attached hydrogen (secondary N) is 1. The minimum absolute atomic E-state index is 0.191. The summed E-state index contributed by atoms with van der Waals surface area (Å²) in [4.78, 5) is 25.7. The number of nitrogens with zero attached hydrogens (tertiary/aromatic N) is 3. The van der Waals surface area contributed by atoms with Crippen molar-refractivity contribution < 1.29 is 9.18 Å². The van der Waals surface area contributed by atoms with Gasteiger partial charge in [0.15, 0.2) is 0 Å². The monoisotopic (exact) mass is 418 g/mol. The fourth-order valence-corrected chi connectivity index (χ4v) is 3.79. The molecule has 0 spiro atoms. The van der Waals surface area contributed by atoms with Crippen LogP contribution < -0.4 is 10.9 Å². The molecule has 0 atom stereocenters. The topological polar surface area (TPSA) is 68.9 Å². The molecule has 1 N–H and O–H groups in total. The summed E-state index contributed by atoms with van der Waals surface area (Å²) in [5.74, 6) is -0.749. The molecule has 2 heterocycles. The lowest BCUT2D eigenvalue weighted by molar-refractivity contribution is -0.116. The van der Waals surface area contributed by atoms with E-state index in [4.69, 9.17) is 0 Å². The summed E-state index contributed by atoms with van der Waals surface area (Å²) in [6.45, 7) is 7.27. The van der Waals surface area contributed by atoms with Gasteiger partial charge in [-0.2, -0.15) is 5.10 Å². The van der Waals surface area contributed by atoms with E-state index in [-0.39, 0.29) is 23.8 Å². The minimum Gasteiger partial charge on any atom is -0.324 e. The zero-order chi connectivity index (χ0) is 22.3. The lowest BCUT2D eigenvalue weighted by Crippen LogP contribution is -2.29. The van der Waals surface area contributed by atoms with Gasteiger partial charge in [-0.15, -0.1) is 0 Å². The Morgan fingerprint density at radius 2 is 1.71 bits per heavy atom. The zero-order valence-electron chi connectivity index (χ0n) is 17.9. The molecule has 0 saturated heterocycles. The first kappa shape index (κ1) is 20.5. The van der Waals surface area contributed by atoms with E-state index in [1.807, 2.05) is 45.0 Å². The van der Waals surface area contributed by atoms with Crippen molar-refractivity contribution >= 4 is 22.6 Å². The van der Waals surface area contributed by atoms with Gasteiger partial charge in [-0.1, -0.05) is 17.7 Å². The number of hydrogen-bond acceptors (Lipinski definition) is 3. The first-order valence-corrected chi connectivity index (χ1v) is 9.97. The van der Waals surface area contributed by atoms with E-state index < -0.39 is 0 Å². The highest BCUT2D eigenvalue weighted by Crippen LogP contribution is 2.24. The summed E-state index contributed by atoms with van der Waals surface area (Å²) in [5, 5.41) is 8.26. The second kappa shape index (κ2) is 7.83. The Kier molecular flexibility index (Phi) is 5.19. The van der Waals surface area contributed by atoms with Crippen molar-refractivity contribution in [2.24, 2.45) is 0 Å². The molecule has 6 nitrogen and oxygen atoms in total. The fraction of sp³-hybridized carbons (Fsp3) is 0.208. The average molecular weight is 418 g/mol. The van der Waals surface area contributed by atoms with Gasteiger partial charge < -0.3 is 5.32 Å². The Labute approximate surface area is 178 Å². The zero-order valence-corrected chi connectivity index (χ0v) is 17.9. The van der Waals surface area contributed by atoms with Crippen molar-refractivity contribution in [3.63, 3.8) is 0 Å². The molecule has 2 aromatic heterocycles. The van der Waals surface area contributed by atoms with Gasteiger partial charge in [-0.25, -0.2) is 9.07 Å². The van der Waals surface area contributed by atoms with Gasteiger partial charge in [0.2, 0.25) is 5.91 Å². The quantitative estimate of drug-likeness (QED) is 0.540. The summed E-state index contributed by atoms with van der Waals surface area (Å²) >= 11 is 0. The van der Waals surface area contributed by atoms with Crippen molar-refractivity contribution in [2.45, 2.75) is 34.2 Å². The molecule has 4 aromatic rings. The predicted octanol–water partition coefficient (Wildman–Crippen LogP) is 4.20. The van der Waals surface area contributed by atoms with E-state index in [1.54, 1.807) is 11.6 Å². The highest BCUT2D eigenvalue weighted by molar-refractivity contribution is 5.92. The third-order valence-electron chi connectivity index (χ3n) is 5.33. The molecular weight excluding hydrogens is 395 g/mol. The van der Waals surface area contributed by atoms with Crippen LogP contribution in [0, 0.1) is 33.5 Å². The summed E-state index contributed by atoms with van der Waals surface area (Å²) < 4.78 is 16.5. The van der Waals surface area contributed by atoms with E-state index in [9.17, 15) is 14.0 Å². The third kappa shape index (κ3) is 3.86. The Morgan fingerprint density at radius 1 is 1.00 bits per heavy atom. The number of carbonyl (C=O) groups is 1. The number of aromatic nitrogens is 3. The van der Waals surface area contributed by atoms with Crippen LogP contribution >= 0.6 is 0 Å². The van der Waals surface area contributed by atoms with Crippen molar-refractivity contribution in [1.82, 2.24) is 14.3 Å². The summed E-state index contributed by atoms with van der Waals surface area (Å²) in [5.41, 5.74) is 4.89. The molecule has 4 rings (SSSR count). The van der Waals surface area contributed by atoms with E-state index in [1.165, 1.54) is 28.8 Å². The molecule has 0 aliphatic carbocycles. The number of rotatable bonds is 4. The van der Waals surface area contributed by atoms with Crippen LogP contribution in [0.15, 0.2) is 53.3 Å². The van der Waals surface area contributed by atoms with Crippen LogP contribution in [0.1, 0.15) is 22.4 Å². The van der Waals surface area contributed by atoms with Crippen LogP contribution in [-0.4, -0.2) is 20.3 Å². The Morgan fingerprint density at radius 3 is 2.39 bits per heavy atom. The number of benzene rings is 2. The first-order chi connectivity index (χ1) is 14.7. The van der Waals surface area contributed by atoms with Gasteiger partial charge in [-0.3, -0.25) is 14.2 Å². The molecule has 1 amide bonds. The second-order valence-corrected chi connectivity index (χ2v) is 7.79. The summed E-state index contributed by atoms with van der Waals surface area (Å²) in [7, 11) is 0. The van der Waals surface area contributed by atoms with Gasteiger partial charge in [0, 0.05) is 17.1 Å². The number of halogens is 1. The molecule has 0 fully saturated rings. The van der Waals surface area contributed by atoms with Crippen LogP contribution in [0.4, 0.5) is 10.1 Å². The van der Waals surface area contributed by atoms with Gasteiger partial charge in [0.05, 0.1) is 11.4 Å². The molecule has 7 heteroatoms. The average Bonchev–Trinajstić information content (AvgIpc) is 3.05. The molecule has 31 heavy (non-hydrogen) atoms. The van der Waals surface area contributed by atoms with Crippen LogP contribution in [0.2, 0.25) is 0 Å². The van der Waals surface area contributed by atoms with Crippen LogP contribution in [-0.2, 0) is 11.3 Å². The van der Waals surface area contributed by atoms with Crippen molar-refractivity contribution in [2.75, 3.05) is 5.32 Å². The number of aryl methyl sites for hydroxylation is 4. The van der Waals surface area contributed by atoms with Crippen molar-refractivity contribution in [3.05, 3.63) is 87.1 Å². The van der Waals surface area contributed by atoms with Crippen LogP contribution in [0.5, 0.6) is 0 Å². The molecule has 0 unspecified atom stereocenters. The highest BCUT2D eigenvalue weighted by atomic mass is 19.1. The second-order valence-electron chi connectivity index (χ2n) is 7.79. The normalized spacial score (nSPS) is 11.1. The lowest BCUT2D eigenvalue weighted by atomic mass is 10.1. The first-order valence-electron chi connectivity index (χ1n) is 9.97. The smallest absolute Gasteiger partial charge is 0.252 e. The number of anilines is 1. The van der Waals surface area contributed by atoms with E-state index in [2.05, 4.69) is 10.4 Å². The third-order valence-corrected chi connectivity index (χ3v) is 5.33. The molecule has 158 valence electrons. The van der Waals surface area contributed by atoms with Gasteiger partial charge >= 0.3 is 0 Å². The maximum absolute atomic E-state index is 13.4. The molecule has 2 aromatic carbocycles. The van der Waals surface area contributed by atoms with E-state index >= 15 is 0 Å². The Balaban J connectivity index is 1.81.